The average Bonchev–Trinajstić information content (AvgIpc) is 3.31. The Bertz CT molecular complexity index is 1280. The molecule has 2 amide bonds. The maximum Gasteiger partial charge on any atom is 0.251 e. The van der Waals surface area contributed by atoms with Crippen LogP contribution in [0, 0.1) is 0 Å². The van der Waals surface area contributed by atoms with Gasteiger partial charge in [-0.3, -0.25) is 9.59 Å². The largest absolute Gasteiger partial charge is 0.342 e. The molecule has 1 saturated heterocycles. The van der Waals surface area contributed by atoms with Crippen LogP contribution in [-0.4, -0.2) is 77.6 Å². The number of carbonyl (C=O) groups is 2. The standard InChI is InChI=1S/C24H29N5O4S2/c1-17(30)28-11-13-29(14-12-28)35(32,33)19-7-5-6-18(16-19)24(31)27-22(10-15-34-2)23-25-20-8-3-4-9-21(20)26-23/h3-9,16,22H,10-15H2,1-2H3,(H,25,26)(H,27,31)/t22-/m0/s1. The van der Waals surface area contributed by atoms with E-state index in [0.29, 0.717) is 25.3 Å². The molecule has 1 aliphatic rings. The monoisotopic (exact) mass is 515 g/mol. The van der Waals surface area contributed by atoms with Gasteiger partial charge in [0.25, 0.3) is 5.91 Å². The fraction of sp³-hybridized carbons (Fsp3) is 0.375. The van der Waals surface area contributed by atoms with Crippen molar-refractivity contribution in [1.29, 1.82) is 0 Å². The maximum atomic E-state index is 13.2. The molecule has 0 aliphatic carbocycles. The van der Waals surface area contributed by atoms with Crippen LogP contribution < -0.4 is 5.32 Å². The summed E-state index contributed by atoms with van der Waals surface area (Å²) < 4.78 is 27.8. The highest BCUT2D eigenvalue weighted by atomic mass is 32.2. The molecule has 1 atom stereocenters. The van der Waals surface area contributed by atoms with Gasteiger partial charge in [-0.15, -0.1) is 0 Å². The van der Waals surface area contributed by atoms with Crippen LogP contribution in [0.25, 0.3) is 11.0 Å². The van der Waals surface area contributed by atoms with Crippen molar-refractivity contribution in [2.45, 2.75) is 24.3 Å². The van der Waals surface area contributed by atoms with Crippen molar-refractivity contribution in [3.8, 4) is 0 Å². The number of sulfonamides is 1. The minimum Gasteiger partial charge on any atom is -0.342 e. The second-order valence-electron chi connectivity index (χ2n) is 8.38. The van der Waals surface area contributed by atoms with Gasteiger partial charge < -0.3 is 15.2 Å². The smallest absolute Gasteiger partial charge is 0.251 e. The van der Waals surface area contributed by atoms with Crippen molar-refractivity contribution in [2.24, 2.45) is 0 Å². The first-order valence-corrected chi connectivity index (χ1v) is 14.2. The van der Waals surface area contributed by atoms with Gasteiger partial charge in [0.15, 0.2) is 0 Å². The fourth-order valence-electron chi connectivity index (χ4n) is 4.08. The molecule has 35 heavy (non-hydrogen) atoms. The Morgan fingerprint density at radius 3 is 2.54 bits per heavy atom. The molecule has 1 aromatic heterocycles. The van der Waals surface area contributed by atoms with E-state index in [2.05, 4.69) is 15.3 Å². The lowest BCUT2D eigenvalue weighted by Crippen LogP contribution is -2.49. The number of aromatic nitrogens is 2. The Balaban J connectivity index is 1.52. The number of hydrogen-bond donors (Lipinski definition) is 2. The van der Waals surface area contributed by atoms with Gasteiger partial charge in [-0.1, -0.05) is 18.2 Å². The van der Waals surface area contributed by atoms with E-state index in [1.807, 2.05) is 30.5 Å². The number of H-pyrrole nitrogens is 1. The Morgan fingerprint density at radius 2 is 1.86 bits per heavy atom. The van der Waals surface area contributed by atoms with Gasteiger partial charge >= 0.3 is 0 Å². The summed E-state index contributed by atoms with van der Waals surface area (Å²) in [5, 5.41) is 3.02. The molecule has 2 N–H and O–H groups in total. The first-order valence-electron chi connectivity index (χ1n) is 11.4. The molecule has 2 heterocycles. The molecule has 0 saturated carbocycles. The van der Waals surface area contributed by atoms with Crippen LogP contribution in [0.1, 0.15) is 35.6 Å². The minimum absolute atomic E-state index is 0.0609. The number of thioether (sulfide) groups is 1. The number of nitrogens with zero attached hydrogens (tertiary/aromatic N) is 3. The summed E-state index contributed by atoms with van der Waals surface area (Å²) in [4.78, 5) is 34.3. The van der Waals surface area contributed by atoms with E-state index in [1.165, 1.54) is 23.4 Å². The number of benzene rings is 2. The molecule has 0 radical (unpaired) electrons. The fourth-order valence-corrected chi connectivity index (χ4v) is 6.02. The predicted molar refractivity (Wildman–Crippen MR) is 137 cm³/mol. The summed E-state index contributed by atoms with van der Waals surface area (Å²) in [7, 11) is -3.79. The van der Waals surface area contributed by atoms with Crippen molar-refractivity contribution in [3.63, 3.8) is 0 Å². The van der Waals surface area contributed by atoms with Crippen LogP contribution >= 0.6 is 11.8 Å². The van der Waals surface area contributed by atoms with E-state index in [1.54, 1.807) is 28.8 Å². The van der Waals surface area contributed by atoms with E-state index < -0.39 is 10.0 Å². The van der Waals surface area contributed by atoms with Crippen LogP contribution in [0.2, 0.25) is 0 Å². The van der Waals surface area contributed by atoms with Crippen molar-refractivity contribution in [3.05, 3.63) is 59.9 Å². The van der Waals surface area contributed by atoms with Gasteiger partial charge in [0, 0.05) is 38.7 Å². The number of piperazine rings is 1. The number of para-hydroxylation sites is 2. The first-order chi connectivity index (χ1) is 16.8. The number of hydrogen-bond acceptors (Lipinski definition) is 6. The van der Waals surface area contributed by atoms with E-state index >= 15 is 0 Å². The third-order valence-corrected chi connectivity index (χ3v) is 8.61. The lowest BCUT2D eigenvalue weighted by molar-refractivity contribution is -0.129. The van der Waals surface area contributed by atoms with Gasteiger partial charge in [0.2, 0.25) is 15.9 Å². The van der Waals surface area contributed by atoms with Crippen molar-refractivity contribution < 1.29 is 18.0 Å². The molecule has 9 nitrogen and oxygen atoms in total. The summed E-state index contributed by atoms with van der Waals surface area (Å²) in [5.41, 5.74) is 1.98. The van der Waals surface area contributed by atoms with Crippen molar-refractivity contribution in [2.75, 3.05) is 38.2 Å². The molecule has 1 aliphatic heterocycles. The molecule has 1 fully saturated rings. The molecule has 11 heteroatoms. The average molecular weight is 516 g/mol. The Morgan fingerprint density at radius 1 is 1.11 bits per heavy atom. The van der Waals surface area contributed by atoms with Crippen molar-refractivity contribution in [1.82, 2.24) is 24.5 Å². The lowest BCUT2D eigenvalue weighted by Gasteiger charge is -2.33. The summed E-state index contributed by atoms with van der Waals surface area (Å²) >= 11 is 1.68. The van der Waals surface area contributed by atoms with Gasteiger partial charge in [0.05, 0.1) is 22.0 Å². The van der Waals surface area contributed by atoms with Gasteiger partial charge in [0.1, 0.15) is 5.82 Å². The third kappa shape index (κ3) is 5.68. The zero-order valence-corrected chi connectivity index (χ0v) is 21.4. The lowest BCUT2D eigenvalue weighted by atomic mass is 10.1. The van der Waals surface area contributed by atoms with E-state index in [-0.39, 0.29) is 41.4 Å². The minimum atomic E-state index is -3.79. The number of fused-ring (bicyclic) bond motifs is 1. The maximum absolute atomic E-state index is 13.2. The molecular formula is C24H29N5O4S2. The van der Waals surface area contributed by atoms with Crippen LogP contribution in [-0.2, 0) is 14.8 Å². The van der Waals surface area contributed by atoms with Crippen LogP contribution in [0.3, 0.4) is 0 Å². The molecular weight excluding hydrogens is 486 g/mol. The number of carbonyl (C=O) groups excluding carboxylic acids is 2. The van der Waals surface area contributed by atoms with Crippen LogP contribution in [0.5, 0.6) is 0 Å². The van der Waals surface area contributed by atoms with Crippen LogP contribution in [0.15, 0.2) is 53.4 Å². The van der Waals surface area contributed by atoms with Crippen LogP contribution in [0.4, 0.5) is 0 Å². The highest BCUT2D eigenvalue weighted by Gasteiger charge is 2.30. The van der Waals surface area contributed by atoms with E-state index in [9.17, 15) is 18.0 Å². The summed E-state index contributed by atoms with van der Waals surface area (Å²) in [6.07, 6.45) is 2.67. The molecule has 0 bridgehead atoms. The summed E-state index contributed by atoms with van der Waals surface area (Å²) in [6, 6.07) is 13.4. The third-order valence-electron chi connectivity index (χ3n) is 6.07. The van der Waals surface area contributed by atoms with Gasteiger partial charge in [-0.25, -0.2) is 13.4 Å². The van der Waals surface area contributed by atoms with E-state index in [0.717, 1.165) is 16.8 Å². The van der Waals surface area contributed by atoms with Gasteiger partial charge in [-0.2, -0.15) is 16.1 Å². The second kappa shape index (κ2) is 10.8. The summed E-state index contributed by atoms with van der Waals surface area (Å²) in [5.74, 6) is 1.06. The second-order valence-corrected chi connectivity index (χ2v) is 11.3. The summed E-state index contributed by atoms with van der Waals surface area (Å²) in [6.45, 7) is 2.62. The Kier molecular flexibility index (Phi) is 7.78. The Labute approximate surface area is 209 Å². The normalized spacial score (nSPS) is 15.8. The molecule has 3 aromatic rings. The molecule has 4 rings (SSSR count). The van der Waals surface area contributed by atoms with E-state index in [4.69, 9.17) is 0 Å². The highest BCUT2D eigenvalue weighted by molar-refractivity contribution is 7.98. The SMILES string of the molecule is CSCC[C@H](NC(=O)c1cccc(S(=O)(=O)N2CCN(C(C)=O)CC2)c1)c1nc2ccccc2[nH]1. The number of amides is 2. The Hall–Kier alpha value is -2.89. The highest BCUT2D eigenvalue weighted by Crippen LogP contribution is 2.22. The predicted octanol–water partition coefficient (Wildman–Crippen LogP) is 2.64. The number of nitrogens with one attached hydrogen (secondary N) is 2. The quantitative estimate of drug-likeness (QED) is 0.477. The zero-order chi connectivity index (χ0) is 25.0. The number of rotatable bonds is 8. The van der Waals surface area contributed by atoms with Gasteiger partial charge in [-0.05, 0) is 48.8 Å². The molecule has 0 unspecified atom stereocenters. The molecule has 0 spiro atoms. The topological polar surface area (TPSA) is 115 Å². The number of imidazole rings is 1. The first kappa shape index (κ1) is 25.2. The molecule has 2 aromatic carbocycles. The molecule has 186 valence electrons. The number of aromatic amines is 1. The zero-order valence-electron chi connectivity index (χ0n) is 19.7. The van der Waals surface area contributed by atoms with Crippen molar-refractivity contribution >= 4 is 44.6 Å².